The second kappa shape index (κ2) is 6.56. The van der Waals surface area contributed by atoms with E-state index in [9.17, 15) is 10.1 Å². The molecule has 0 aliphatic heterocycles. The van der Waals surface area contributed by atoms with Crippen LogP contribution in [0.25, 0.3) is 0 Å². The van der Waals surface area contributed by atoms with E-state index in [2.05, 4.69) is 25.8 Å². The molecule has 0 saturated heterocycles. The van der Waals surface area contributed by atoms with Crippen LogP contribution in [0.5, 0.6) is 0 Å². The molecule has 2 aromatic heterocycles. The summed E-state index contributed by atoms with van der Waals surface area (Å²) in [6.45, 7) is 5.68. The molecule has 0 saturated carbocycles. The quantitative estimate of drug-likeness (QED) is 0.532. The van der Waals surface area contributed by atoms with E-state index in [0.717, 1.165) is 11.1 Å². The van der Waals surface area contributed by atoms with Crippen molar-refractivity contribution in [3.8, 4) is 0 Å². The summed E-state index contributed by atoms with van der Waals surface area (Å²) in [5, 5.41) is 21.1. The first-order chi connectivity index (χ1) is 11.9. The fourth-order valence-electron chi connectivity index (χ4n) is 2.24. The fourth-order valence-corrected chi connectivity index (χ4v) is 2.24. The van der Waals surface area contributed by atoms with E-state index in [0.29, 0.717) is 17.3 Å². The van der Waals surface area contributed by atoms with Gasteiger partial charge in [0.1, 0.15) is 12.1 Å². The molecule has 1 aromatic carbocycles. The number of rotatable bonds is 5. The summed E-state index contributed by atoms with van der Waals surface area (Å²) in [5.74, 6) is 1.02. The van der Waals surface area contributed by atoms with E-state index in [1.54, 1.807) is 13.0 Å². The maximum Gasteiger partial charge on any atom is 0.353 e. The molecule has 2 heterocycles. The van der Waals surface area contributed by atoms with Gasteiger partial charge in [0, 0.05) is 11.8 Å². The smallest absolute Gasteiger partial charge is 0.353 e. The second-order valence-electron chi connectivity index (χ2n) is 5.55. The van der Waals surface area contributed by atoms with Gasteiger partial charge in [-0.1, -0.05) is 11.2 Å². The van der Waals surface area contributed by atoms with Gasteiger partial charge in [0.2, 0.25) is 11.6 Å². The molecule has 0 aliphatic carbocycles. The lowest BCUT2D eigenvalue weighted by Gasteiger charge is -2.10. The van der Waals surface area contributed by atoms with Gasteiger partial charge in [-0.25, -0.2) is 9.97 Å². The van der Waals surface area contributed by atoms with Crippen LogP contribution in [0.4, 0.5) is 28.8 Å². The molecule has 0 radical (unpaired) electrons. The van der Waals surface area contributed by atoms with Crippen molar-refractivity contribution >= 4 is 28.8 Å². The first-order valence-corrected chi connectivity index (χ1v) is 7.48. The van der Waals surface area contributed by atoms with Crippen LogP contribution in [-0.2, 0) is 0 Å². The summed E-state index contributed by atoms with van der Waals surface area (Å²) in [6, 6.07) is 7.28. The van der Waals surface area contributed by atoms with Gasteiger partial charge in [0.25, 0.3) is 0 Å². The molecule has 2 N–H and O–H groups in total. The summed E-state index contributed by atoms with van der Waals surface area (Å²) >= 11 is 0. The van der Waals surface area contributed by atoms with Crippen molar-refractivity contribution in [2.45, 2.75) is 20.8 Å². The molecule has 0 fully saturated rings. The SMILES string of the molecule is Cc1cc(Nc2ncnc(Nc3ccc(C)c(C)c3)c2[N+](=O)[O-])no1. The minimum absolute atomic E-state index is 0.0274. The molecule has 0 spiro atoms. The predicted octanol–water partition coefficient (Wildman–Crippen LogP) is 3.79. The minimum atomic E-state index is -0.543. The number of nitro groups is 1. The summed E-state index contributed by atoms with van der Waals surface area (Å²) < 4.78 is 4.95. The zero-order valence-corrected chi connectivity index (χ0v) is 13.9. The van der Waals surface area contributed by atoms with Crippen LogP contribution in [0, 0.1) is 30.9 Å². The molecule has 3 aromatic rings. The number of aromatic nitrogens is 3. The third-order valence-corrected chi connectivity index (χ3v) is 3.65. The molecular weight excluding hydrogens is 324 g/mol. The molecule has 0 amide bonds. The van der Waals surface area contributed by atoms with Crippen molar-refractivity contribution in [1.29, 1.82) is 0 Å². The van der Waals surface area contributed by atoms with Gasteiger partial charge in [-0.2, -0.15) is 0 Å². The highest BCUT2D eigenvalue weighted by molar-refractivity contribution is 5.76. The Bertz CT molecular complexity index is 937. The summed E-state index contributed by atoms with van der Waals surface area (Å²) in [4.78, 5) is 19.0. The van der Waals surface area contributed by atoms with Crippen molar-refractivity contribution in [3.63, 3.8) is 0 Å². The standard InChI is InChI=1S/C16H16N6O3/c1-9-4-5-12(6-10(9)2)19-15-14(22(23)24)16(18-8-17-15)20-13-7-11(3)25-21-13/h4-8H,1-3H3,(H2,17,18,19,20,21). The molecule has 9 heteroatoms. The van der Waals surface area contributed by atoms with Crippen molar-refractivity contribution in [2.75, 3.05) is 10.6 Å². The van der Waals surface area contributed by atoms with Crippen LogP contribution in [0.3, 0.4) is 0 Å². The van der Waals surface area contributed by atoms with Crippen LogP contribution in [0.1, 0.15) is 16.9 Å². The monoisotopic (exact) mass is 340 g/mol. The van der Waals surface area contributed by atoms with E-state index in [-0.39, 0.29) is 17.3 Å². The molecule has 0 aliphatic rings. The molecule has 0 atom stereocenters. The zero-order valence-electron chi connectivity index (χ0n) is 13.9. The third-order valence-electron chi connectivity index (χ3n) is 3.65. The number of hydrogen-bond acceptors (Lipinski definition) is 8. The van der Waals surface area contributed by atoms with Crippen LogP contribution < -0.4 is 10.6 Å². The Kier molecular flexibility index (Phi) is 4.29. The lowest BCUT2D eigenvalue weighted by molar-refractivity contribution is -0.383. The number of aryl methyl sites for hydroxylation is 3. The Labute approximate surface area is 143 Å². The van der Waals surface area contributed by atoms with Crippen molar-refractivity contribution < 1.29 is 9.45 Å². The minimum Gasteiger partial charge on any atom is -0.360 e. The molecular formula is C16H16N6O3. The Balaban J connectivity index is 1.97. The van der Waals surface area contributed by atoms with E-state index >= 15 is 0 Å². The van der Waals surface area contributed by atoms with E-state index < -0.39 is 4.92 Å². The van der Waals surface area contributed by atoms with E-state index in [1.807, 2.05) is 32.0 Å². The fraction of sp³-hybridized carbons (Fsp3) is 0.188. The van der Waals surface area contributed by atoms with Crippen LogP contribution >= 0.6 is 0 Å². The molecule has 0 bridgehead atoms. The first kappa shape index (κ1) is 16.4. The summed E-state index contributed by atoms with van der Waals surface area (Å²) in [7, 11) is 0. The number of benzene rings is 1. The highest BCUT2D eigenvalue weighted by atomic mass is 16.6. The van der Waals surface area contributed by atoms with Gasteiger partial charge in [-0.15, -0.1) is 0 Å². The Morgan fingerprint density at radius 2 is 1.76 bits per heavy atom. The lowest BCUT2D eigenvalue weighted by Crippen LogP contribution is -2.05. The molecule has 9 nitrogen and oxygen atoms in total. The Morgan fingerprint density at radius 3 is 2.36 bits per heavy atom. The lowest BCUT2D eigenvalue weighted by atomic mass is 10.1. The normalized spacial score (nSPS) is 10.5. The summed E-state index contributed by atoms with van der Waals surface area (Å²) in [6.07, 6.45) is 1.24. The number of anilines is 4. The number of nitrogens with zero attached hydrogens (tertiary/aromatic N) is 4. The van der Waals surface area contributed by atoms with E-state index in [1.165, 1.54) is 6.33 Å². The van der Waals surface area contributed by atoms with Crippen molar-refractivity contribution in [1.82, 2.24) is 15.1 Å². The van der Waals surface area contributed by atoms with Crippen molar-refractivity contribution in [3.05, 3.63) is 57.6 Å². The molecule has 25 heavy (non-hydrogen) atoms. The van der Waals surface area contributed by atoms with Crippen LogP contribution in [0.2, 0.25) is 0 Å². The summed E-state index contributed by atoms with van der Waals surface area (Å²) in [5.41, 5.74) is 2.62. The maximum atomic E-state index is 11.6. The van der Waals surface area contributed by atoms with Gasteiger partial charge >= 0.3 is 5.69 Å². The zero-order chi connectivity index (χ0) is 18.0. The molecule has 3 rings (SSSR count). The van der Waals surface area contributed by atoms with Crippen LogP contribution in [-0.4, -0.2) is 20.0 Å². The topological polar surface area (TPSA) is 119 Å². The van der Waals surface area contributed by atoms with Gasteiger partial charge in [-0.05, 0) is 44.0 Å². The Morgan fingerprint density at radius 1 is 1.04 bits per heavy atom. The van der Waals surface area contributed by atoms with E-state index in [4.69, 9.17) is 4.52 Å². The highest BCUT2D eigenvalue weighted by Crippen LogP contribution is 2.33. The maximum absolute atomic E-state index is 11.6. The van der Waals surface area contributed by atoms with Crippen molar-refractivity contribution in [2.24, 2.45) is 0 Å². The average Bonchev–Trinajstić information content (AvgIpc) is 2.96. The average molecular weight is 340 g/mol. The molecule has 0 unspecified atom stereocenters. The van der Waals surface area contributed by atoms with Gasteiger partial charge in [0.05, 0.1) is 4.92 Å². The Hall–Kier alpha value is -3.49. The van der Waals surface area contributed by atoms with Gasteiger partial charge < -0.3 is 15.2 Å². The first-order valence-electron chi connectivity index (χ1n) is 7.48. The molecule has 128 valence electrons. The number of nitrogens with one attached hydrogen (secondary N) is 2. The number of hydrogen-bond donors (Lipinski definition) is 2. The second-order valence-corrected chi connectivity index (χ2v) is 5.55. The van der Waals surface area contributed by atoms with Gasteiger partial charge in [0.15, 0.2) is 5.82 Å². The highest BCUT2D eigenvalue weighted by Gasteiger charge is 2.24. The van der Waals surface area contributed by atoms with Crippen LogP contribution in [0.15, 0.2) is 35.1 Å². The third kappa shape index (κ3) is 3.55. The van der Waals surface area contributed by atoms with Gasteiger partial charge in [-0.3, -0.25) is 10.1 Å². The predicted molar refractivity (Wildman–Crippen MR) is 92.4 cm³/mol. The largest absolute Gasteiger partial charge is 0.360 e.